The summed E-state index contributed by atoms with van der Waals surface area (Å²) in [6, 6.07) is 13.8. The summed E-state index contributed by atoms with van der Waals surface area (Å²) in [5.74, 6) is 1.13. The van der Waals surface area contributed by atoms with Crippen LogP contribution in [-0.2, 0) is 6.42 Å². The second-order valence-corrected chi connectivity index (χ2v) is 7.42. The minimum absolute atomic E-state index is 0.327. The maximum absolute atomic E-state index is 4.68. The number of anilines is 1. The molecular formula is C21H28N4. The van der Waals surface area contributed by atoms with Crippen molar-refractivity contribution in [1.82, 2.24) is 14.8 Å². The number of piperazine rings is 1. The Balaban J connectivity index is 1.68. The molecule has 3 heterocycles. The van der Waals surface area contributed by atoms with Gasteiger partial charge >= 0.3 is 0 Å². The van der Waals surface area contributed by atoms with Crippen molar-refractivity contribution in [3.8, 4) is 0 Å². The van der Waals surface area contributed by atoms with Crippen LogP contribution in [0.5, 0.6) is 0 Å². The Labute approximate surface area is 151 Å². The van der Waals surface area contributed by atoms with Gasteiger partial charge in [-0.05, 0) is 62.3 Å². The van der Waals surface area contributed by atoms with Gasteiger partial charge in [-0.15, -0.1) is 0 Å². The van der Waals surface area contributed by atoms with Crippen LogP contribution in [0.25, 0.3) is 0 Å². The molecular weight excluding hydrogens is 308 g/mol. The fourth-order valence-corrected chi connectivity index (χ4v) is 4.16. The van der Waals surface area contributed by atoms with Gasteiger partial charge < -0.3 is 9.80 Å². The number of benzene rings is 1. The van der Waals surface area contributed by atoms with Gasteiger partial charge in [-0.2, -0.15) is 0 Å². The van der Waals surface area contributed by atoms with Gasteiger partial charge in [0.1, 0.15) is 5.82 Å². The molecule has 132 valence electrons. The summed E-state index contributed by atoms with van der Waals surface area (Å²) < 4.78 is 0. The highest BCUT2D eigenvalue weighted by molar-refractivity contribution is 5.46. The van der Waals surface area contributed by atoms with Crippen LogP contribution in [0.4, 0.5) is 5.82 Å². The molecule has 0 N–H and O–H groups in total. The normalized spacial score (nSPS) is 22.5. The molecule has 0 saturated carbocycles. The summed E-state index contributed by atoms with van der Waals surface area (Å²) in [7, 11) is 4.45. The van der Waals surface area contributed by atoms with E-state index >= 15 is 0 Å². The smallest absolute Gasteiger partial charge is 0.128 e. The van der Waals surface area contributed by atoms with Crippen LogP contribution in [-0.4, -0.2) is 61.6 Å². The number of aromatic nitrogens is 1. The van der Waals surface area contributed by atoms with E-state index in [2.05, 4.69) is 70.2 Å². The first-order chi connectivity index (χ1) is 12.2. The molecule has 0 spiro atoms. The van der Waals surface area contributed by atoms with Crippen molar-refractivity contribution in [1.29, 1.82) is 0 Å². The number of likely N-dealkylation sites (N-methyl/N-ethyl adjacent to an activating group) is 1. The average Bonchev–Trinajstić information content (AvgIpc) is 2.80. The van der Waals surface area contributed by atoms with Crippen molar-refractivity contribution in [3.05, 3.63) is 59.3 Å². The van der Waals surface area contributed by atoms with E-state index in [0.29, 0.717) is 6.04 Å². The monoisotopic (exact) mass is 336 g/mol. The molecule has 2 aliphatic rings. The highest BCUT2D eigenvalue weighted by Gasteiger charge is 2.25. The summed E-state index contributed by atoms with van der Waals surface area (Å²) in [4.78, 5) is 12.0. The second kappa shape index (κ2) is 7.14. The number of nitrogens with zero attached hydrogens (tertiary/aromatic N) is 4. The summed E-state index contributed by atoms with van der Waals surface area (Å²) >= 11 is 0. The topological polar surface area (TPSA) is 22.6 Å². The van der Waals surface area contributed by atoms with Crippen molar-refractivity contribution >= 4 is 5.82 Å². The lowest BCUT2D eigenvalue weighted by atomic mass is 9.94. The molecule has 0 amide bonds. The lowest BCUT2D eigenvalue weighted by molar-refractivity contribution is 0.284. The van der Waals surface area contributed by atoms with Gasteiger partial charge in [-0.25, -0.2) is 4.98 Å². The zero-order valence-corrected chi connectivity index (χ0v) is 15.4. The number of rotatable bonds is 2. The Bertz CT molecular complexity index is 721. The van der Waals surface area contributed by atoms with E-state index in [1.807, 2.05) is 6.20 Å². The molecule has 1 fully saturated rings. The number of aryl methyl sites for hydroxylation is 1. The van der Waals surface area contributed by atoms with Gasteiger partial charge in [0.25, 0.3) is 0 Å². The summed E-state index contributed by atoms with van der Waals surface area (Å²) in [5.41, 5.74) is 4.31. The highest BCUT2D eigenvalue weighted by atomic mass is 15.3. The number of hydrogen-bond acceptors (Lipinski definition) is 4. The molecule has 2 aliphatic heterocycles. The second-order valence-electron chi connectivity index (χ2n) is 7.42. The van der Waals surface area contributed by atoms with Crippen molar-refractivity contribution in [2.24, 2.45) is 0 Å². The average molecular weight is 336 g/mol. The molecule has 4 heteroatoms. The number of fused-ring (bicyclic) bond motifs is 1. The first kappa shape index (κ1) is 16.6. The van der Waals surface area contributed by atoms with Crippen LogP contribution in [0.1, 0.15) is 29.2 Å². The maximum atomic E-state index is 4.68. The Hall–Kier alpha value is -1.91. The SMILES string of the molecule is CN1CCN(c2cc([C@@H]3c4ccccc4CCCN3C)ccn2)CC1. The van der Waals surface area contributed by atoms with E-state index in [0.717, 1.165) is 38.5 Å². The molecule has 1 aromatic carbocycles. The molecule has 1 aromatic heterocycles. The third-order valence-electron chi connectivity index (χ3n) is 5.66. The first-order valence-electron chi connectivity index (χ1n) is 9.40. The molecule has 2 aromatic rings. The van der Waals surface area contributed by atoms with Crippen LogP contribution in [0.3, 0.4) is 0 Å². The summed E-state index contributed by atoms with van der Waals surface area (Å²) in [6.45, 7) is 5.47. The van der Waals surface area contributed by atoms with E-state index in [4.69, 9.17) is 0 Å². The maximum Gasteiger partial charge on any atom is 0.128 e. The molecule has 25 heavy (non-hydrogen) atoms. The Kier molecular flexibility index (Phi) is 4.73. The van der Waals surface area contributed by atoms with Gasteiger partial charge in [0.15, 0.2) is 0 Å². The van der Waals surface area contributed by atoms with Gasteiger partial charge in [-0.1, -0.05) is 24.3 Å². The summed E-state index contributed by atoms with van der Waals surface area (Å²) in [6.07, 6.45) is 4.39. The molecule has 4 rings (SSSR count). The zero-order chi connectivity index (χ0) is 17.2. The minimum atomic E-state index is 0.327. The van der Waals surface area contributed by atoms with Crippen molar-refractivity contribution in [2.75, 3.05) is 51.7 Å². The fourth-order valence-electron chi connectivity index (χ4n) is 4.16. The molecule has 0 unspecified atom stereocenters. The lowest BCUT2D eigenvalue weighted by Crippen LogP contribution is -2.44. The summed E-state index contributed by atoms with van der Waals surface area (Å²) in [5, 5.41) is 0. The van der Waals surface area contributed by atoms with Crippen molar-refractivity contribution in [3.63, 3.8) is 0 Å². The predicted octanol–water partition coefficient (Wildman–Crippen LogP) is 2.80. The van der Waals surface area contributed by atoms with Gasteiger partial charge in [0.2, 0.25) is 0 Å². The lowest BCUT2D eigenvalue weighted by Gasteiger charge is -2.34. The highest BCUT2D eigenvalue weighted by Crippen LogP contribution is 2.34. The predicted molar refractivity (Wildman–Crippen MR) is 103 cm³/mol. The zero-order valence-electron chi connectivity index (χ0n) is 15.4. The van der Waals surface area contributed by atoms with Crippen LogP contribution in [0.2, 0.25) is 0 Å². The quantitative estimate of drug-likeness (QED) is 0.841. The van der Waals surface area contributed by atoms with Gasteiger partial charge in [0, 0.05) is 32.4 Å². The standard InChI is InChI=1S/C21H28N4/c1-23-12-14-25(15-13-23)20-16-18(9-10-22-20)21-19-8-4-3-6-17(19)7-5-11-24(21)2/h3-4,6,8-10,16,21H,5,7,11-15H2,1-2H3/t21-/m1/s1. The first-order valence-corrected chi connectivity index (χ1v) is 9.40. The van der Waals surface area contributed by atoms with Crippen molar-refractivity contribution in [2.45, 2.75) is 18.9 Å². The molecule has 1 saturated heterocycles. The van der Waals surface area contributed by atoms with Crippen LogP contribution in [0, 0.1) is 0 Å². The number of hydrogen-bond donors (Lipinski definition) is 0. The van der Waals surface area contributed by atoms with Crippen LogP contribution < -0.4 is 4.90 Å². The molecule has 0 radical (unpaired) electrons. The molecule has 1 atom stereocenters. The molecule has 4 nitrogen and oxygen atoms in total. The van der Waals surface area contributed by atoms with Gasteiger partial charge in [-0.3, -0.25) is 4.90 Å². The van der Waals surface area contributed by atoms with E-state index < -0.39 is 0 Å². The molecule has 0 aliphatic carbocycles. The fraction of sp³-hybridized carbons (Fsp3) is 0.476. The third kappa shape index (κ3) is 3.42. The van der Waals surface area contributed by atoms with Crippen LogP contribution in [0.15, 0.2) is 42.6 Å². The van der Waals surface area contributed by atoms with E-state index in [1.165, 1.54) is 29.5 Å². The Morgan fingerprint density at radius 3 is 2.60 bits per heavy atom. The minimum Gasteiger partial charge on any atom is -0.354 e. The van der Waals surface area contributed by atoms with Gasteiger partial charge in [0.05, 0.1) is 6.04 Å². The number of pyridine rings is 1. The van der Waals surface area contributed by atoms with Crippen molar-refractivity contribution < 1.29 is 0 Å². The van der Waals surface area contributed by atoms with E-state index in [1.54, 1.807) is 0 Å². The van der Waals surface area contributed by atoms with E-state index in [9.17, 15) is 0 Å². The third-order valence-corrected chi connectivity index (χ3v) is 5.66. The van der Waals surface area contributed by atoms with Crippen LogP contribution >= 0.6 is 0 Å². The van der Waals surface area contributed by atoms with E-state index in [-0.39, 0.29) is 0 Å². The Morgan fingerprint density at radius 1 is 0.960 bits per heavy atom. The molecule has 0 bridgehead atoms. The largest absolute Gasteiger partial charge is 0.354 e. The Morgan fingerprint density at radius 2 is 1.76 bits per heavy atom.